The summed E-state index contributed by atoms with van der Waals surface area (Å²) in [6.45, 7) is 2.97. The van der Waals surface area contributed by atoms with Crippen LogP contribution in [0.4, 0.5) is 0 Å². The van der Waals surface area contributed by atoms with E-state index in [1.807, 2.05) is 0 Å². The Morgan fingerprint density at radius 1 is 0.867 bits per heavy atom. The van der Waals surface area contributed by atoms with Gasteiger partial charge in [-0.25, -0.2) is 0 Å². The number of Topliss-reactive ketones (excluding diaryl/α,β-unsaturated/α-hetero) is 2. The minimum atomic E-state index is -0.0156. The topological polar surface area (TPSA) is 34.1 Å². The van der Waals surface area contributed by atoms with Gasteiger partial charge in [-0.3, -0.25) is 9.59 Å². The fourth-order valence-corrected chi connectivity index (χ4v) is 0.957. The highest BCUT2D eigenvalue weighted by Crippen LogP contribution is 2.06. The van der Waals surface area contributed by atoms with Crippen LogP contribution >= 0.6 is 0 Å². The van der Waals surface area contributed by atoms with Gasteiger partial charge < -0.3 is 0 Å². The van der Waals surface area contributed by atoms with Crippen LogP contribution in [0.25, 0.3) is 0 Å². The number of benzene rings is 1. The minimum Gasteiger partial charge on any atom is -0.295 e. The number of rotatable bonds is 2. The molecule has 1 rings (SSSR count). The zero-order valence-corrected chi connectivity index (χ0v) is 7.13. The number of hydrogen-bond donors (Lipinski definition) is 0. The Morgan fingerprint density at radius 2 is 1.20 bits per heavy atom. The second-order valence-electron chi connectivity index (χ2n) is 2.69. The van der Waals surface area contributed by atoms with Gasteiger partial charge in [-0.1, -0.05) is 40.5 Å². The third-order valence-electron chi connectivity index (χ3n) is 1.68. The van der Waals surface area contributed by atoms with Gasteiger partial charge in [-0.15, -0.1) is 0 Å². The molecular formula is C13H22O2. The van der Waals surface area contributed by atoms with Crippen molar-refractivity contribution in [2.24, 2.45) is 0 Å². The molecule has 0 saturated carbocycles. The van der Waals surface area contributed by atoms with Crippen molar-refractivity contribution in [3.05, 3.63) is 35.4 Å². The molecule has 0 amide bonds. The Morgan fingerprint density at radius 3 is 1.47 bits per heavy atom. The van der Waals surface area contributed by atoms with Gasteiger partial charge in [0.15, 0.2) is 11.6 Å². The molecule has 0 radical (unpaired) electrons. The molecule has 2 nitrogen and oxygen atoms in total. The third-order valence-corrected chi connectivity index (χ3v) is 1.68. The van der Waals surface area contributed by atoms with Crippen LogP contribution < -0.4 is 0 Å². The molecule has 0 fully saturated rings. The molecule has 86 valence electrons. The summed E-state index contributed by atoms with van der Waals surface area (Å²) in [6.07, 6.45) is 0. The maximum Gasteiger partial charge on any atom is 0.159 e. The van der Waals surface area contributed by atoms with Crippen LogP contribution in [0.2, 0.25) is 0 Å². The van der Waals surface area contributed by atoms with E-state index in [0.717, 1.165) is 0 Å². The third kappa shape index (κ3) is 5.11. The van der Waals surface area contributed by atoms with E-state index < -0.39 is 0 Å². The summed E-state index contributed by atoms with van der Waals surface area (Å²) in [5.41, 5.74) is 1.17. The Bertz CT molecular complexity index is 298. The van der Waals surface area contributed by atoms with Gasteiger partial charge in [0.1, 0.15) is 0 Å². The highest BCUT2D eigenvalue weighted by atomic mass is 16.1. The van der Waals surface area contributed by atoms with Crippen molar-refractivity contribution < 1.29 is 9.59 Å². The lowest BCUT2D eigenvalue weighted by Gasteiger charge is -1.97. The smallest absolute Gasteiger partial charge is 0.159 e. The molecule has 0 N–H and O–H groups in total. The van der Waals surface area contributed by atoms with Crippen LogP contribution in [-0.4, -0.2) is 11.6 Å². The van der Waals surface area contributed by atoms with Crippen molar-refractivity contribution in [1.29, 1.82) is 0 Å². The normalized spacial score (nSPS) is 7.60. The predicted octanol–water partition coefficient (Wildman–Crippen LogP) is 4.00. The second-order valence-corrected chi connectivity index (χ2v) is 2.69. The van der Waals surface area contributed by atoms with E-state index in [9.17, 15) is 9.59 Å². The molecule has 0 bridgehead atoms. The van der Waals surface area contributed by atoms with Gasteiger partial charge in [0.2, 0.25) is 0 Å². The largest absolute Gasteiger partial charge is 0.295 e. The fourth-order valence-electron chi connectivity index (χ4n) is 0.957. The molecule has 0 aliphatic heterocycles. The first-order valence-electron chi connectivity index (χ1n) is 3.73. The molecule has 0 aliphatic carbocycles. The number of hydrogen-bond acceptors (Lipinski definition) is 2. The minimum absolute atomic E-state index is 0. The highest BCUT2D eigenvalue weighted by Gasteiger charge is 2.02. The van der Waals surface area contributed by atoms with E-state index in [1.54, 1.807) is 24.3 Å². The van der Waals surface area contributed by atoms with Crippen LogP contribution in [0.5, 0.6) is 0 Å². The van der Waals surface area contributed by atoms with Crippen molar-refractivity contribution in [3.8, 4) is 0 Å². The molecule has 0 spiro atoms. The van der Waals surface area contributed by atoms with Crippen molar-refractivity contribution in [1.82, 2.24) is 0 Å². The number of carbonyl (C=O) groups excluding carboxylic acids is 2. The summed E-state index contributed by atoms with van der Waals surface area (Å²) in [6, 6.07) is 6.74. The molecule has 0 heterocycles. The van der Waals surface area contributed by atoms with Gasteiger partial charge in [0.05, 0.1) is 0 Å². The molecule has 0 unspecified atom stereocenters. The summed E-state index contributed by atoms with van der Waals surface area (Å²) in [5.74, 6) is -0.0313. The molecule has 0 aromatic heterocycles. The first kappa shape index (κ1) is 19.2. The number of ketones is 2. The average molecular weight is 210 g/mol. The van der Waals surface area contributed by atoms with Crippen LogP contribution in [0.1, 0.15) is 56.8 Å². The SMILES string of the molecule is C.C.C.CC(=O)c1cccc(C(C)=O)c1. The van der Waals surface area contributed by atoms with Gasteiger partial charge >= 0.3 is 0 Å². The summed E-state index contributed by atoms with van der Waals surface area (Å²) in [5, 5.41) is 0. The zero-order valence-electron chi connectivity index (χ0n) is 7.13. The van der Waals surface area contributed by atoms with Crippen molar-refractivity contribution in [2.75, 3.05) is 0 Å². The molecule has 1 aromatic rings. The summed E-state index contributed by atoms with van der Waals surface area (Å²) in [4.78, 5) is 21.8. The fraction of sp³-hybridized carbons (Fsp3) is 0.385. The quantitative estimate of drug-likeness (QED) is 0.691. The maximum atomic E-state index is 10.9. The van der Waals surface area contributed by atoms with Crippen LogP contribution in [0.3, 0.4) is 0 Å². The van der Waals surface area contributed by atoms with Crippen molar-refractivity contribution in [3.63, 3.8) is 0 Å². The Balaban J connectivity index is -0.000000480. The second kappa shape index (κ2) is 7.92. The summed E-state index contributed by atoms with van der Waals surface area (Å²) in [7, 11) is 0. The monoisotopic (exact) mass is 210 g/mol. The molecular weight excluding hydrogens is 188 g/mol. The van der Waals surface area contributed by atoms with E-state index in [2.05, 4.69) is 0 Å². The van der Waals surface area contributed by atoms with Crippen LogP contribution in [0.15, 0.2) is 24.3 Å². The lowest BCUT2D eigenvalue weighted by atomic mass is 10.1. The van der Waals surface area contributed by atoms with E-state index in [-0.39, 0.29) is 33.8 Å². The van der Waals surface area contributed by atoms with Crippen LogP contribution in [-0.2, 0) is 0 Å². The lowest BCUT2D eigenvalue weighted by molar-refractivity contribution is 0.101. The first-order valence-corrected chi connectivity index (χ1v) is 3.73. The van der Waals surface area contributed by atoms with Gasteiger partial charge in [0.25, 0.3) is 0 Å². The molecule has 0 aliphatic rings. The Kier molecular flexibility index (Phi) is 10.1. The number of carbonyl (C=O) groups is 2. The molecule has 15 heavy (non-hydrogen) atoms. The Labute approximate surface area is 93.3 Å². The highest BCUT2D eigenvalue weighted by molar-refractivity contribution is 5.99. The van der Waals surface area contributed by atoms with E-state index in [0.29, 0.717) is 11.1 Å². The summed E-state index contributed by atoms with van der Waals surface area (Å²) >= 11 is 0. The van der Waals surface area contributed by atoms with Crippen molar-refractivity contribution in [2.45, 2.75) is 36.1 Å². The molecule has 0 atom stereocenters. The van der Waals surface area contributed by atoms with Gasteiger partial charge in [-0.05, 0) is 19.9 Å². The van der Waals surface area contributed by atoms with E-state index in [1.165, 1.54) is 13.8 Å². The van der Waals surface area contributed by atoms with E-state index in [4.69, 9.17) is 0 Å². The average Bonchev–Trinajstić information content (AvgIpc) is 2.04. The van der Waals surface area contributed by atoms with Gasteiger partial charge in [-0.2, -0.15) is 0 Å². The van der Waals surface area contributed by atoms with Gasteiger partial charge in [0, 0.05) is 11.1 Å². The molecule has 0 saturated heterocycles. The van der Waals surface area contributed by atoms with Crippen molar-refractivity contribution >= 4 is 11.6 Å². The zero-order chi connectivity index (χ0) is 9.14. The predicted molar refractivity (Wildman–Crippen MR) is 66.6 cm³/mol. The van der Waals surface area contributed by atoms with E-state index >= 15 is 0 Å². The summed E-state index contributed by atoms with van der Waals surface area (Å²) < 4.78 is 0. The lowest BCUT2D eigenvalue weighted by Crippen LogP contribution is -1.96. The Hall–Kier alpha value is -1.44. The first-order chi connectivity index (χ1) is 5.61. The standard InChI is InChI=1S/C10H10O2.3CH4/c1-7(11)9-4-3-5-10(6-9)8(2)12;;;/h3-6H,1-2H3;3*1H4. The maximum absolute atomic E-state index is 10.9. The molecule has 1 aromatic carbocycles. The molecule has 2 heteroatoms. The van der Waals surface area contributed by atoms with Crippen LogP contribution in [0, 0.1) is 0 Å².